The number of carbonyl (C=O) groups excluding carboxylic acids is 2. The molecule has 1 aliphatic rings. The summed E-state index contributed by atoms with van der Waals surface area (Å²) >= 11 is 1.25. The number of non-ortho nitro benzene ring substituents is 1. The van der Waals surface area contributed by atoms with Gasteiger partial charge in [0.1, 0.15) is 5.82 Å². The van der Waals surface area contributed by atoms with Gasteiger partial charge in [-0.25, -0.2) is 4.98 Å². The standard InChI is InChI=1S/C20H27N7O4S/c1-13(2)17(21-19(29)14-5-4-6-15(11-14)27(30)31)18-22-20(24-23-18)32-12-16(28)26-9-7-25(3)8-10-26/h4-6,11,13,17H,7-10,12H2,1-3H3,(H,21,29)(H,22,23,24)/t17-/m0/s1. The molecule has 1 atom stereocenters. The van der Waals surface area contributed by atoms with Crippen molar-refractivity contribution in [1.29, 1.82) is 0 Å². The van der Waals surface area contributed by atoms with E-state index in [1.807, 2.05) is 25.8 Å². The van der Waals surface area contributed by atoms with E-state index in [1.165, 1.54) is 36.0 Å². The van der Waals surface area contributed by atoms with E-state index in [0.717, 1.165) is 13.1 Å². The van der Waals surface area contributed by atoms with Crippen LogP contribution in [0.3, 0.4) is 0 Å². The lowest BCUT2D eigenvalue weighted by Crippen LogP contribution is -2.47. The molecule has 0 unspecified atom stereocenters. The fourth-order valence-corrected chi connectivity index (χ4v) is 3.98. The topological polar surface area (TPSA) is 137 Å². The molecular formula is C20H27N7O4S. The number of nitro groups is 1. The fourth-order valence-electron chi connectivity index (χ4n) is 3.27. The molecule has 1 aromatic heterocycles. The summed E-state index contributed by atoms with van der Waals surface area (Å²) in [6.07, 6.45) is 0. The van der Waals surface area contributed by atoms with E-state index in [4.69, 9.17) is 0 Å². The summed E-state index contributed by atoms with van der Waals surface area (Å²) in [7, 11) is 2.04. The van der Waals surface area contributed by atoms with Crippen molar-refractivity contribution < 1.29 is 14.5 Å². The lowest BCUT2D eigenvalue weighted by Gasteiger charge is -2.32. The largest absolute Gasteiger partial charge is 0.342 e. The Labute approximate surface area is 190 Å². The summed E-state index contributed by atoms with van der Waals surface area (Å²) in [6, 6.07) is 5.08. The Balaban J connectivity index is 1.61. The van der Waals surface area contributed by atoms with Crippen molar-refractivity contribution in [2.75, 3.05) is 39.0 Å². The molecular weight excluding hydrogens is 434 g/mol. The van der Waals surface area contributed by atoms with Crippen molar-refractivity contribution in [2.45, 2.75) is 25.0 Å². The van der Waals surface area contributed by atoms with Crippen LogP contribution in [-0.4, -0.2) is 80.7 Å². The van der Waals surface area contributed by atoms with Gasteiger partial charge in [-0.3, -0.25) is 24.8 Å². The van der Waals surface area contributed by atoms with E-state index < -0.39 is 16.9 Å². The Morgan fingerprint density at radius 3 is 2.66 bits per heavy atom. The summed E-state index contributed by atoms with van der Waals surface area (Å²) in [6.45, 7) is 7.00. The smallest absolute Gasteiger partial charge is 0.270 e. The third-order valence-corrected chi connectivity index (χ3v) is 6.06. The number of aromatic amines is 1. The molecule has 2 heterocycles. The fraction of sp³-hybridized carbons (Fsp3) is 0.500. The maximum absolute atomic E-state index is 12.7. The summed E-state index contributed by atoms with van der Waals surface area (Å²) < 4.78 is 0. The zero-order valence-corrected chi connectivity index (χ0v) is 19.1. The average molecular weight is 462 g/mol. The lowest BCUT2D eigenvalue weighted by atomic mass is 10.0. The summed E-state index contributed by atoms with van der Waals surface area (Å²) in [5.41, 5.74) is 0.0406. The first-order valence-electron chi connectivity index (χ1n) is 10.3. The number of rotatable bonds is 8. The van der Waals surface area contributed by atoms with E-state index in [-0.39, 0.29) is 28.8 Å². The highest BCUT2D eigenvalue weighted by Gasteiger charge is 2.24. The highest BCUT2D eigenvalue weighted by Crippen LogP contribution is 2.23. The van der Waals surface area contributed by atoms with E-state index in [0.29, 0.717) is 24.1 Å². The number of likely N-dealkylation sites (N-methyl/N-ethyl adjacent to an activating group) is 1. The van der Waals surface area contributed by atoms with Gasteiger partial charge in [0.05, 0.1) is 16.7 Å². The molecule has 2 aromatic rings. The normalized spacial score (nSPS) is 15.6. The predicted molar refractivity (Wildman–Crippen MR) is 119 cm³/mol. The summed E-state index contributed by atoms with van der Waals surface area (Å²) in [5, 5.41) is 21.3. The zero-order valence-electron chi connectivity index (χ0n) is 18.3. The number of carbonyl (C=O) groups is 2. The van der Waals surface area contributed by atoms with Gasteiger partial charge in [0, 0.05) is 43.9 Å². The number of hydrogen-bond acceptors (Lipinski definition) is 8. The molecule has 1 aliphatic heterocycles. The first-order chi connectivity index (χ1) is 15.2. The number of amides is 2. The number of nitrogens with one attached hydrogen (secondary N) is 2. The van der Waals surface area contributed by atoms with Crippen LogP contribution in [0, 0.1) is 16.0 Å². The van der Waals surface area contributed by atoms with Crippen molar-refractivity contribution in [3.05, 3.63) is 45.8 Å². The number of hydrogen-bond donors (Lipinski definition) is 2. The SMILES string of the molecule is CC(C)[C@H](NC(=O)c1cccc([N+](=O)[O-])c1)c1nc(SCC(=O)N2CCN(C)CC2)n[nH]1. The maximum Gasteiger partial charge on any atom is 0.270 e. The lowest BCUT2D eigenvalue weighted by molar-refractivity contribution is -0.384. The summed E-state index contributed by atoms with van der Waals surface area (Å²) in [4.78, 5) is 44.0. The van der Waals surface area contributed by atoms with Crippen molar-refractivity contribution in [3.8, 4) is 0 Å². The van der Waals surface area contributed by atoms with E-state index in [9.17, 15) is 19.7 Å². The number of nitrogens with zero attached hydrogens (tertiary/aromatic N) is 5. The van der Waals surface area contributed by atoms with Crippen molar-refractivity contribution in [2.24, 2.45) is 5.92 Å². The van der Waals surface area contributed by atoms with Crippen molar-refractivity contribution in [3.63, 3.8) is 0 Å². The number of H-pyrrole nitrogens is 1. The molecule has 0 saturated carbocycles. The number of piperazine rings is 1. The second kappa shape index (κ2) is 10.6. The average Bonchev–Trinajstić information content (AvgIpc) is 3.24. The Kier molecular flexibility index (Phi) is 7.80. The zero-order chi connectivity index (χ0) is 23.3. The first kappa shape index (κ1) is 23.7. The highest BCUT2D eigenvalue weighted by molar-refractivity contribution is 7.99. The Morgan fingerprint density at radius 1 is 1.28 bits per heavy atom. The molecule has 2 amide bonds. The second-order valence-electron chi connectivity index (χ2n) is 7.98. The van der Waals surface area contributed by atoms with E-state index in [1.54, 1.807) is 0 Å². The molecule has 1 saturated heterocycles. The van der Waals surface area contributed by atoms with Gasteiger partial charge in [-0.2, -0.15) is 0 Å². The molecule has 1 aromatic carbocycles. The monoisotopic (exact) mass is 461 g/mol. The molecule has 172 valence electrons. The van der Waals surface area contributed by atoms with Gasteiger partial charge in [-0.05, 0) is 19.0 Å². The van der Waals surface area contributed by atoms with Gasteiger partial charge in [0.25, 0.3) is 11.6 Å². The van der Waals surface area contributed by atoms with Crippen LogP contribution in [0.4, 0.5) is 5.69 Å². The maximum atomic E-state index is 12.7. The van der Waals surface area contributed by atoms with Crippen LogP contribution in [0.1, 0.15) is 36.1 Å². The molecule has 11 nitrogen and oxygen atoms in total. The molecule has 3 rings (SSSR count). The molecule has 32 heavy (non-hydrogen) atoms. The molecule has 0 spiro atoms. The van der Waals surface area contributed by atoms with E-state index in [2.05, 4.69) is 25.4 Å². The second-order valence-corrected chi connectivity index (χ2v) is 8.92. The summed E-state index contributed by atoms with van der Waals surface area (Å²) in [5.74, 6) is 0.300. The van der Waals surface area contributed by atoms with Crippen LogP contribution in [0.5, 0.6) is 0 Å². The number of thioether (sulfide) groups is 1. The van der Waals surface area contributed by atoms with Crippen LogP contribution in [-0.2, 0) is 4.79 Å². The third-order valence-electron chi connectivity index (χ3n) is 5.23. The Bertz CT molecular complexity index is 972. The molecule has 0 bridgehead atoms. The van der Waals surface area contributed by atoms with Crippen LogP contribution in [0.2, 0.25) is 0 Å². The van der Waals surface area contributed by atoms with Crippen LogP contribution in [0.15, 0.2) is 29.4 Å². The number of benzene rings is 1. The quantitative estimate of drug-likeness (QED) is 0.344. The van der Waals surface area contributed by atoms with E-state index >= 15 is 0 Å². The van der Waals surface area contributed by atoms with Crippen LogP contribution >= 0.6 is 11.8 Å². The Hall–Kier alpha value is -2.99. The van der Waals surface area contributed by atoms with Gasteiger partial charge in [0.2, 0.25) is 11.1 Å². The Morgan fingerprint density at radius 2 is 2.00 bits per heavy atom. The van der Waals surface area contributed by atoms with Crippen LogP contribution < -0.4 is 5.32 Å². The first-order valence-corrected chi connectivity index (χ1v) is 11.3. The minimum absolute atomic E-state index is 0.0181. The van der Waals surface area contributed by atoms with Gasteiger partial charge in [-0.1, -0.05) is 31.7 Å². The van der Waals surface area contributed by atoms with Gasteiger partial charge in [-0.15, -0.1) is 5.10 Å². The number of aromatic nitrogens is 3. The third kappa shape index (κ3) is 6.04. The van der Waals surface area contributed by atoms with Gasteiger partial charge in [0.15, 0.2) is 0 Å². The molecule has 0 radical (unpaired) electrons. The highest BCUT2D eigenvalue weighted by atomic mass is 32.2. The minimum atomic E-state index is -0.542. The number of nitro benzene ring substituents is 1. The van der Waals surface area contributed by atoms with Crippen LogP contribution in [0.25, 0.3) is 0 Å². The van der Waals surface area contributed by atoms with Crippen molar-refractivity contribution >= 4 is 29.3 Å². The molecule has 12 heteroatoms. The van der Waals surface area contributed by atoms with Gasteiger partial charge < -0.3 is 15.1 Å². The van der Waals surface area contributed by atoms with Crippen molar-refractivity contribution in [1.82, 2.24) is 30.3 Å². The molecule has 2 N–H and O–H groups in total. The molecule has 0 aliphatic carbocycles. The minimum Gasteiger partial charge on any atom is -0.342 e. The molecule has 1 fully saturated rings. The van der Waals surface area contributed by atoms with Gasteiger partial charge >= 0.3 is 0 Å². The predicted octanol–water partition coefficient (Wildman–Crippen LogP) is 1.71.